The highest BCUT2D eigenvalue weighted by atomic mass is 16.5. The smallest absolute Gasteiger partial charge is 0.262 e. The third-order valence-electron chi connectivity index (χ3n) is 4.36. The molecule has 3 rings (SSSR count). The van der Waals surface area contributed by atoms with E-state index < -0.39 is 0 Å². The van der Waals surface area contributed by atoms with Crippen LogP contribution in [0, 0.1) is 6.92 Å². The standard InChI is InChI=1S/C24H27N3O3/c1-3-29-23-14-19(15-25-16-21-6-4-5-13-26-21)9-12-22(23)30-17-24(28)27-20-10-7-18(2)8-11-20/h4-14,25H,3,15-17H2,1-2H3,(H,27,28). The van der Waals surface area contributed by atoms with E-state index in [0.717, 1.165) is 22.5 Å². The van der Waals surface area contributed by atoms with Gasteiger partial charge in [0.2, 0.25) is 0 Å². The van der Waals surface area contributed by atoms with Gasteiger partial charge in [-0.2, -0.15) is 0 Å². The van der Waals surface area contributed by atoms with Crippen molar-refractivity contribution in [1.82, 2.24) is 10.3 Å². The first-order valence-corrected chi connectivity index (χ1v) is 9.99. The fraction of sp³-hybridized carbons (Fsp3) is 0.250. The first-order chi connectivity index (χ1) is 14.6. The number of benzene rings is 2. The first kappa shape index (κ1) is 21.3. The lowest BCUT2D eigenvalue weighted by atomic mass is 10.2. The topological polar surface area (TPSA) is 72.5 Å². The summed E-state index contributed by atoms with van der Waals surface area (Å²) in [6, 6.07) is 19.2. The van der Waals surface area contributed by atoms with E-state index in [4.69, 9.17) is 9.47 Å². The Kier molecular flexibility index (Phi) is 7.80. The Morgan fingerprint density at radius 3 is 2.53 bits per heavy atom. The largest absolute Gasteiger partial charge is 0.490 e. The summed E-state index contributed by atoms with van der Waals surface area (Å²) in [7, 11) is 0. The van der Waals surface area contributed by atoms with Crippen LogP contribution in [-0.4, -0.2) is 24.1 Å². The highest BCUT2D eigenvalue weighted by molar-refractivity contribution is 5.91. The average molecular weight is 405 g/mol. The number of aryl methyl sites for hydroxylation is 1. The third-order valence-corrected chi connectivity index (χ3v) is 4.36. The van der Waals surface area contributed by atoms with E-state index in [-0.39, 0.29) is 12.5 Å². The quantitative estimate of drug-likeness (QED) is 0.531. The molecule has 2 aromatic carbocycles. The monoisotopic (exact) mass is 405 g/mol. The van der Waals surface area contributed by atoms with Crippen LogP contribution in [0.2, 0.25) is 0 Å². The summed E-state index contributed by atoms with van der Waals surface area (Å²) in [5.41, 5.74) is 3.93. The second-order valence-corrected chi connectivity index (χ2v) is 6.84. The number of aromatic nitrogens is 1. The summed E-state index contributed by atoms with van der Waals surface area (Å²) in [6.45, 7) is 5.69. The molecule has 0 spiro atoms. The zero-order valence-electron chi connectivity index (χ0n) is 17.4. The second kappa shape index (κ2) is 11.0. The van der Waals surface area contributed by atoms with Gasteiger partial charge in [0, 0.05) is 25.0 Å². The van der Waals surface area contributed by atoms with Crippen LogP contribution in [0.5, 0.6) is 11.5 Å². The van der Waals surface area contributed by atoms with Crippen molar-refractivity contribution in [3.63, 3.8) is 0 Å². The number of rotatable bonds is 10. The molecule has 0 saturated heterocycles. The Hall–Kier alpha value is -3.38. The summed E-state index contributed by atoms with van der Waals surface area (Å²) >= 11 is 0. The van der Waals surface area contributed by atoms with Gasteiger partial charge in [-0.15, -0.1) is 0 Å². The van der Waals surface area contributed by atoms with E-state index in [0.29, 0.717) is 31.2 Å². The number of hydrogen-bond acceptors (Lipinski definition) is 5. The lowest BCUT2D eigenvalue weighted by Crippen LogP contribution is -2.20. The summed E-state index contributed by atoms with van der Waals surface area (Å²) < 4.78 is 11.4. The summed E-state index contributed by atoms with van der Waals surface area (Å²) in [5.74, 6) is 0.949. The van der Waals surface area contributed by atoms with Crippen LogP contribution in [0.25, 0.3) is 0 Å². The molecule has 6 heteroatoms. The van der Waals surface area contributed by atoms with E-state index >= 15 is 0 Å². The molecule has 6 nitrogen and oxygen atoms in total. The Morgan fingerprint density at radius 1 is 0.967 bits per heavy atom. The summed E-state index contributed by atoms with van der Waals surface area (Å²) in [6.07, 6.45) is 1.78. The lowest BCUT2D eigenvalue weighted by molar-refractivity contribution is -0.118. The van der Waals surface area contributed by atoms with Crippen LogP contribution in [0.1, 0.15) is 23.7 Å². The molecule has 0 aliphatic rings. The fourth-order valence-corrected chi connectivity index (χ4v) is 2.86. The van der Waals surface area contributed by atoms with E-state index in [1.807, 2.05) is 74.5 Å². The number of pyridine rings is 1. The van der Waals surface area contributed by atoms with E-state index in [1.54, 1.807) is 6.20 Å². The molecular formula is C24H27N3O3. The van der Waals surface area contributed by atoms with Crippen LogP contribution in [0.15, 0.2) is 66.9 Å². The molecule has 0 bridgehead atoms. The molecule has 1 aromatic heterocycles. The highest BCUT2D eigenvalue weighted by Gasteiger charge is 2.10. The molecule has 0 fully saturated rings. The van der Waals surface area contributed by atoms with Crippen molar-refractivity contribution < 1.29 is 14.3 Å². The summed E-state index contributed by atoms with van der Waals surface area (Å²) in [4.78, 5) is 16.5. The number of amides is 1. The molecule has 1 amide bonds. The molecule has 0 atom stereocenters. The first-order valence-electron chi connectivity index (χ1n) is 9.99. The lowest BCUT2D eigenvalue weighted by Gasteiger charge is -2.14. The Balaban J connectivity index is 1.54. The van der Waals surface area contributed by atoms with Crippen LogP contribution in [0.4, 0.5) is 5.69 Å². The molecule has 0 aliphatic heterocycles. The van der Waals surface area contributed by atoms with Gasteiger partial charge >= 0.3 is 0 Å². The minimum atomic E-state index is -0.220. The zero-order valence-corrected chi connectivity index (χ0v) is 17.4. The molecule has 2 N–H and O–H groups in total. The van der Waals surface area contributed by atoms with Crippen molar-refractivity contribution in [3.8, 4) is 11.5 Å². The van der Waals surface area contributed by atoms with Gasteiger partial charge < -0.3 is 20.1 Å². The maximum Gasteiger partial charge on any atom is 0.262 e. The zero-order chi connectivity index (χ0) is 21.2. The Bertz CT molecular complexity index is 944. The molecule has 1 heterocycles. The van der Waals surface area contributed by atoms with Gasteiger partial charge in [0.1, 0.15) is 0 Å². The third kappa shape index (κ3) is 6.60. The van der Waals surface area contributed by atoms with Crippen molar-refractivity contribution in [1.29, 1.82) is 0 Å². The predicted octanol–water partition coefficient (Wildman–Crippen LogP) is 4.10. The molecular weight excluding hydrogens is 378 g/mol. The number of carbonyl (C=O) groups excluding carboxylic acids is 1. The van der Waals surface area contributed by atoms with Gasteiger partial charge in [0.25, 0.3) is 5.91 Å². The maximum atomic E-state index is 12.2. The molecule has 3 aromatic rings. The van der Waals surface area contributed by atoms with Crippen LogP contribution in [-0.2, 0) is 17.9 Å². The molecule has 0 saturated carbocycles. The van der Waals surface area contributed by atoms with Gasteiger partial charge in [0.05, 0.1) is 12.3 Å². The van der Waals surface area contributed by atoms with Crippen molar-refractivity contribution >= 4 is 11.6 Å². The number of nitrogens with one attached hydrogen (secondary N) is 2. The Morgan fingerprint density at radius 2 is 1.80 bits per heavy atom. The van der Waals surface area contributed by atoms with Gasteiger partial charge in [-0.3, -0.25) is 9.78 Å². The van der Waals surface area contributed by atoms with E-state index in [9.17, 15) is 4.79 Å². The van der Waals surface area contributed by atoms with E-state index in [1.165, 1.54) is 0 Å². The number of ether oxygens (including phenoxy) is 2. The SMILES string of the molecule is CCOc1cc(CNCc2ccccn2)ccc1OCC(=O)Nc1ccc(C)cc1. The second-order valence-electron chi connectivity index (χ2n) is 6.84. The minimum absolute atomic E-state index is 0.0920. The predicted molar refractivity (Wildman–Crippen MR) is 118 cm³/mol. The van der Waals surface area contributed by atoms with Crippen molar-refractivity contribution in [3.05, 3.63) is 83.7 Å². The molecule has 0 radical (unpaired) electrons. The average Bonchev–Trinajstić information content (AvgIpc) is 2.76. The number of nitrogens with zero attached hydrogens (tertiary/aromatic N) is 1. The number of anilines is 1. The van der Waals surface area contributed by atoms with E-state index in [2.05, 4.69) is 15.6 Å². The summed E-state index contributed by atoms with van der Waals surface area (Å²) in [5, 5.41) is 6.19. The molecule has 30 heavy (non-hydrogen) atoms. The van der Waals surface area contributed by atoms with Gasteiger partial charge in [0.15, 0.2) is 18.1 Å². The molecule has 156 valence electrons. The van der Waals surface area contributed by atoms with Crippen molar-refractivity contribution in [2.75, 3.05) is 18.5 Å². The Labute approximate surface area is 177 Å². The van der Waals surface area contributed by atoms with Gasteiger partial charge in [-0.05, 0) is 55.8 Å². The normalized spacial score (nSPS) is 10.5. The van der Waals surface area contributed by atoms with Crippen molar-refractivity contribution in [2.24, 2.45) is 0 Å². The molecule has 0 aliphatic carbocycles. The minimum Gasteiger partial charge on any atom is -0.490 e. The van der Waals surface area contributed by atoms with Crippen molar-refractivity contribution in [2.45, 2.75) is 26.9 Å². The maximum absolute atomic E-state index is 12.2. The van der Waals surface area contributed by atoms with Crippen LogP contribution >= 0.6 is 0 Å². The highest BCUT2D eigenvalue weighted by Crippen LogP contribution is 2.28. The van der Waals surface area contributed by atoms with Gasteiger partial charge in [-0.1, -0.05) is 29.8 Å². The number of hydrogen-bond donors (Lipinski definition) is 2. The van der Waals surface area contributed by atoms with Crippen LogP contribution in [0.3, 0.4) is 0 Å². The van der Waals surface area contributed by atoms with Crippen LogP contribution < -0.4 is 20.1 Å². The molecule has 0 unspecified atom stereocenters. The van der Waals surface area contributed by atoms with Gasteiger partial charge in [-0.25, -0.2) is 0 Å². The number of carbonyl (C=O) groups is 1. The fourth-order valence-electron chi connectivity index (χ4n) is 2.86.